The van der Waals surface area contributed by atoms with Crippen molar-refractivity contribution in [2.75, 3.05) is 19.7 Å². The molecule has 5 heteroatoms. The summed E-state index contributed by atoms with van der Waals surface area (Å²) in [6, 6.07) is 0. The van der Waals surface area contributed by atoms with E-state index in [4.69, 9.17) is 4.74 Å². The quantitative estimate of drug-likeness (QED) is 0.737. The molecule has 2 saturated heterocycles. The zero-order valence-corrected chi connectivity index (χ0v) is 10.0. The summed E-state index contributed by atoms with van der Waals surface area (Å²) in [5, 5.41) is 5.55. The lowest BCUT2D eigenvalue weighted by Crippen LogP contribution is -2.34. The number of hydrogen-bond acceptors (Lipinski definition) is 3. The Kier molecular flexibility index (Phi) is 4.36. The number of carbonyl (C=O) groups excluding carboxylic acids is 2. The minimum absolute atomic E-state index is 0.0147. The zero-order valence-electron chi connectivity index (χ0n) is 10.0. The summed E-state index contributed by atoms with van der Waals surface area (Å²) < 4.78 is 5.58. The molecule has 2 atom stereocenters. The van der Waals surface area contributed by atoms with Gasteiger partial charge in [0.2, 0.25) is 11.8 Å². The van der Waals surface area contributed by atoms with Gasteiger partial charge in [0.05, 0.1) is 12.0 Å². The smallest absolute Gasteiger partial charge is 0.225 e. The molecule has 96 valence electrons. The largest absolute Gasteiger partial charge is 0.378 e. The summed E-state index contributed by atoms with van der Waals surface area (Å²) in [5.41, 5.74) is 0. The van der Waals surface area contributed by atoms with E-state index in [0.717, 1.165) is 25.9 Å². The first kappa shape index (κ1) is 12.4. The van der Waals surface area contributed by atoms with E-state index in [1.807, 2.05) is 0 Å². The topological polar surface area (TPSA) is 67.4 Å². The van der Waals surface area contributed by atoms with Crippen LogP contribution >= 0.6 is 0 Å². The molecule has 2 heterocycles. The van der Waals surface area contributed by atoms with Crippen molar-refractivity contribution in [2.24, 2.45) is 5.92 Å². The van der Waals surface area contributed by atoms with Gasteiger partial charge < -0.3 is 15.4 Å². The third-order valence-corrected chi connectivity index (χ3v) is 3.39. The van der Waals surface area contributed by atoms with Crippen LogP contribution in [-0.2, 0) is 14.3 Å². The van der Waals surface area contributed by atoms with Gasteiger partial charge in [-0.2, -0.15) is 0 Å². The van der Waals surface area contributed by atoms with Crippen LogP contribution in [0, 0.1) is 5.92 Å². The SMILES string of the molecule is O=C1CC(C(=O)NCCC2CCCCO2)CN1. The molecule has 0 bridgehead atoms. The Labute approximate surface area is 101 Å². The Morgan fingerprint density at radius 2 is 2.35 bits per heavy atom. The van der Waals surface area contributed by atoms with Crippen molar-refractivity contribution in [1.82, 2.24) is 10.6 Å². The Morgan fingerprint density at radius 3 is 3.00 bits per heavy atom. The average Bonchev–Trinajstić information content (AvgIpc) is 2.77. The number of hydrogen-bond donors (Lipinski definition) is 2. The maximum atomic E-state index is 11.7. The van der Waals surface area contributed by atoms with Gasteiger partial charge in [-0.15, -0.1) is 0 Å². The Morgan fingerprint density at radius 1 is 1.47 bits per heavy atom. The standard InChI is InChI=1S/C12H20N2O3/c15-11-7-9(8-14-11)12(16)13-5-4-10-3-1-2-6-17-10/h9-10H,1-8H2,(H,13,16)(H,14,15). The van der Waals surface area contributed by atoms with Crippen LogP contribution in [0.25, 0.3) is 0 Å². The van der Waals surface area contributed by atoms with Crippen molar-refractivity contribution in [2.45, 2.75) is 38.2 Å². The van der Waals surface area contributed by atoms with Crippen molar-refractivity contribution in [3.63, 3.8) is 0 Å². The van der Waals surface area contributed by atoms with Crippen molar-refractivity contribution in [3.8, 4) is 0 Å². The zero-order chi connectivity index (χ0) is 12.1. The molecule has 2 rings (SSSR count). The highest BCUT2D eigenvalue weighted by atomic mass is 16.5. The molecule has 2 aliphatic heterocycles. The second kappa shape index (κ2) is 6.00. The summed E-state index contributed by atoms with van der Waals surface area (Å²) >= 11 is 0. The van der Waals surface area contributed by atoms with Crippen molar-refractivity contribution in [3.05, 3.63) is 0 Å². The van der Waals surface area contributed by atoms with Gasteiger partial charge in [0.1, 0.15) is 0 Å². The minimum Gasteiger partial charge on any atom is -0.378 e. The van der Waals surface area contributed by atoms with Crippen LogP contribution in [0.5, 0.6) is 0 Å². The Hall–Kier alpha value is -1.10. The van der Waals surface area contributed by atoms with Gasteiger partial charge in [0, 0.05) is 26.1 Å². The first-order valence-corrected chi connectivity index (χ1v) is 6.41. The fraction of sp³-hybridized carbons (Fsp3) is 0.833. The molecule has 2 aliphatic rings. The molecule has 0 aromatic carbocycles. The fourth-order valence-electron chi connectivity index (χ4n) is 2.33. The number of nitrogens with one attached hydrogen (secondary N) is 2. The highest BCUT2D eigenvalue weighted by Gasteiger charge is 2.27. The van der Waals surface area contributed by atoms with Crippen LogP contribution in [0.15, 0.2) is 0 Å². The fourth-order valence-corrected chi connectivity index (χ4v) is 2.33. The van der Waals surface area contributed by atoms with Crippen molar-refractivity contribution >= 4 is 11.8 Å². The number of amides is 2. The van der Waals surface area contributed by atoms with E-state index in [0.29, 0.717) is 25.6 Å². The van der Waals surface area contributed by atoms with E-state index in [1.165, 1.54) is 6.42 Å². The number of carbonyl (C=O) groups is 2. The van der Waals surface area contributed by atoms with E-state index in [-0.39, 0.29) is 17.7 Å². The predicted molar refractivity (Wildman–Crippen MR) is 62.3 cm³/mol. The molecule has 2 N–H and O–H groups in total. The molecule has 0 aromatic rings. The van der Waals surface area contributed by atoms with Crippen molar-refractivity contribution < 1.29 is 14.3 Å². The van der Waals surface area contributed by atoms with E-state index >= 15 is 0 Å². The molecule has 0 spiro atoms. The minimum atomic E-state index is -0.185. The summed E-state index contributed by atoms with van der Waals surface area (Å²) in [7, 11) is 0. The third kappa shape index (κ3) is 3.70. The second-order valence-corrected chi connectivity index (χ2v) is 4.77. The molecule has 17 heavy (non-hydrogen) atoms. The second-order valence-electron chi connectivity index (χ2n) is 4.77. The van der Waals surface area contributed by atoms with Gasteiger partial charge in [0.25, 0.3) is 0 Å². The average molecular weight is 240 g/mol. The van der Waals surface area contributed by atoms with E-state index in [1.54, 1.807) is 0 Å². The lowest BCUT2D eigenvalue weighted by Gasteiger charge is -2.22. The van der Waals surface area contributed by atoms with E-state index < -0.39 is 0 Å². The summed E-state index contributed by atoms with van der Waals surface area (Å²) in [6.45, 7) is 1.97. The predicted octanol–water partition coefficient (Wildman–Crippen LogP) is 0.198. The molecular weight excluding hydrogens is 220 g/mol. The molecule has 2 amide bonds. The molecular formula is C12H20N2O3. The van der Waals surface area contributed by atoms with Gasteiger partial charge in [-0.05, 0) is 25.7 Å². The van der Waals surface area contributed by atoms with Gasteiger partial charge in [-0.25, -0.2) is 0 Å². The lowest BCUT2D eigenvalue weighted by molar-refractivity contribution is -0.126. The van der Waals surface area contributed by atoms with Crippen molar-refractivity contribution in [1.29, 1.82) is 0 Å². The first-order chi connectivity index (χ1) is 8.25. The molecule has 0 aliphatic carbocycles. The summed E-state index contributed by atoms with van der Waals surface area (Å²) in [5.74, 6) is -0.227. The van der Waals surface area contributed by atoms with E-state index in [9.17, 15) is 9.59 Å². The maximum absolute atomic E-state index is 11.7. The molecule has 2 fully saturated rings. The number of ether oxygens (including phenoxy) is 1. The van der Waals surface area contributed by atoms with Crippen LogP contribution in [0.4, 0.5) is 0 Å². The molecule has 2 unspecified atom stereocenters. The first-order valence-electron chi connectivity index (χ1n) is 6.41. The molecule has 0 aromatic heterocycles. The van der Waals surface area contributed by atoms with Crippen LogP contribution in [0.1, 0.15) is 32.1 Å². The Balaban J connectivity index is 1.61. The highest BCUT2D eigenvalue weighted by Crippen LogP contribution is 2.15. The molecule has 5 nitrogen and oxygen atoms in total. The monoisotopic (exact) mass is 240 g/mol. The number of rotatable bonds is 4. The van der Waals surface area contributed by atoms with Gasteiger partial charge in [-0.3, -0.25) is 9.59 Å². The van der Waals surface area contributed by atoms with E-state index in [2.05, 4.69) is 10.6 Å². The van der Waals surface area contributed by atoms with Crippen LogP contribution < -0.4 is 10.6 Å². The summed E-state index contributed by atoms with van der Waals surface area (Å²) in [4.78, 5) is 22.7. The van der Waals surface area contributed by atoms with Gasteiger partial charge in [0.15, 0.2) is 0 Å². The summed E-state index contributed by atoms with van der Waals surface area (Å²) in [6.07, 6.45) is 4.97. The molecule has 0 radical (unpaired) electrons. The van der Waals surface area contributed by atoms with Gasteiger partial charge >= 0.3 is 0 Å². The van der Waals surface area contributed by atoms with Gasteiger partial charge in [-0.1, -0.05) is 0 Å². The van der Waals surface area contributed by atoms with Crippen LogP contribution in [0.2, 0.25) is 0 Å². The normalized spacial score (nSPS) is 28.8. The lowest BCUT2D eigenvalue weighted by atomic mass is 10.1. The maximum Gasteiger partial charge on any atom is 0.225 e. The highest BCUT2D eigenvalue weighted by molar-refractivity contribution is 5.89. The van der Waals surface area contributed by atoms with Crippen LogP contribution in [-0.4, -0.2) is 37.6 Å². The third-order valence-electron chi connectivity index (χ3n) is 3.39. The van der Waals surface area contributed by atoms with Crippen LogP contribution in [0.3, 0.4) is 0 Å². The Bertz CT molecular complexity index is 287. The molecule has 0 saturated carbocycles.